The van der Waals surface area contributed by atoms with Gasteiger partial charge >= 0.3 is 12.1 Å². The van der Waals surface area contributed by atoms with Crippen molar-refractivity contribution in [3.63, 3.8) is 0 Å². The van der Waals surface area contributed by atoms with Crippen LogP contribution < -0.4 is 9.80 Å². The van der Waals surface area contributed by atoms with Gasteiger partial charge in [0.1, 0.15) is 12.4 Å². The molecule has 3 rings (SSSR count). The highest BCUT2D eigenvalue weighted by Gasteiger charge is 2.22. The van der Waals surface area contributed by atoms with E-state index < -0.39 is 23.8 Å². The summed E-state index contributed by atoms with van der Waals surface area (Å²) in [6, 6.07) is 12.3. The molecule has 0 unspecified atom stereocenters. The van der Waals surface area contributed by atoms with E-state index in [0.29, 0.717) is 11.4 Å². The normalized spacial score (nSPS) is 10.4. The van der Waals surface area contributed by atoms with Gasteiger partial charge in [0.15, 0.2) is 5.13 Å². The van der Waals surface area contributed by atoms with Crippen LogP contribution in [-0.4, -0.2) is 37.1 Å². The zero-order valence-corrected chi connectivity index (χ0v) is 18.4. The molecule has 0 bridgehead atoms. The second kappa shape index (κ2) is 10.0. The second-order valence-electron chi connectivity index (χ2n) is 6.55. The summed E-state index contributed by atoms with van der Waals surface area (Å²) in [6.07, 6.45) is -0.633. The molecule has 0 saturated carbocycles. The number of aromatic nitrogens is 1. The lowest BCUT2D eigenvalue weighted by Crippen LogP contribution is -2.27. The van der Waals surface area contributed by atoms with E-state index in [9.17, 15) is 18.8 Å². The first-order chi connectivity index (χ1) is 15.3. The minimum Gasteiger partial charge on any atom is -0.455 e. The van der Waals surface area contributed by atoms with Crippen LogP contribution in [0.1, 0.15) is 23.0 Å². The largest absolute Gasteiger partial charge is 0.455 e. The SMILES string of the molecule is COC(=O)N(C)c1ccccc1C(=O)OCc1csc(N(C(C)=O)c2ccccc2F)n1. The number of halogens is 1. The number of rotatable bonds is 6. The Morgan fingerprint density at radius 2 is 1.72 bits per heavy atom. The highest BCUT2D eigenvalue weighted by atomic mass is 32.1. The first-order valence-corrected chi connectivity index (χ1v) is 10.3. The fourth-order valence-electron chi connectivity index (χ4n) is 2.90. The molecule has 1 aromatic heterocycles. The Bertz CT molecular complexity index is 1150. The molecular formula is C22H20FN3O5S. The first kappa shape index (κ1) is 22.9. The number of anilines is 3. The second-order valence-corrected chi connectivity index (χ2v) is 7.39. The molecule has 1 heterocycles. The summed E-state index contributed by atoms with van der Waals surface area (Å²) >= 11 is 1.12. The average Bonchev–Trinajstić information content (AvgIpc) is 3.26. The van der Waals surface area contributed by atoms with E-state index in [1.165, 1.54) is 50.2 Å². The fourth-order valence-corrected chi connectivity index (χ4v) is 3.76. The third kappa shape index (κ3) is 4.92. The van der Waals surface area contributed by atoms with Crippen LogP contribution in [0.2, 0.25) is 0 Å². The van der Waals surface area contributed by atoms with Crippen LogP contribution in [0.15, 0.2) is 53.9 Å². The molecule has 2 aromatic carbocycles. The Morgan fingerprint density at radius 3 is 2.38 bits per heavy atom. The van der Waals surface area contributed by atoms with Gasteiger partial charge in [-0.2, -0.15) is 0 Å². The van der Waals surface area contributed by atoms with Crippen molar-refractivity contribution in [1.29, 1.82) is 0 Å². The van der Waals surface area contributed by atoms with Crippen molar-refractivity contribution in [1.82, 2.24) is 4.98 Å². The molecular weight excluding hydrogens is 437 g/mol. The minimum atomic E-state index is -0.663. The number of carbonyl (C=O) groups is 3. The van der Waals surface area contributed by atoms with Gasteiger partial charge in [0.2, 0.25) is 5.91 Å². The van der Waals surface area contributed by atoms with Gasteiger partial charge in [-0.25, -0.2) is 19.0 Å². The molecule has 3 aromatic rings. The summed E-state index contributed by atoms with van der Waals surface area (Å²) in [5.74, 6) is -1.63. The number of nitrogens with zero attached hydrogens (tertiary/aromatic N) is 3. The molecule has 0 radical (unpaired) electrons. The molecule has 0 N–H and O–H groups in total. The Balaban J connectivity index is 1.76. The maximum Gasteiger partial charge on any atom is 0.413 e. The number of para-hydroxylation sites is 2. The smallest absolute Gasteiger partial charge is 0.413 e. The summed E-state index contributed by atoms with van der Waals surface area (Å²) < 4.78 is 24.2. The number of esters is 1. The van der Waals surface area contributed by atoms with E-state index in [1.807, 2.05) is 0 Å². The predicted molar refractivity (Wildman–Crippen MR) is 118 cm³/mol. The van der Waals surface area contributed by atoms with Crippen LogP contribution in [0, 0.1) is 5.82 Å². The van der Waals surface area contributed by atoms with Gasteiger partial charge in [-0.05, 0) is 24.3 Å². The van der Waals surface area contributed by atoms with Gasteiger partial charge in [-0.1, -0.05) is 24.3 Å². The zero-order chi connectivity index (χ0) is 23.3. The lowest BCUT2D eigenvalue weighted by Gasteiger charge is -2.18. The summed E-state index contributed by atoms with van der Waals surface area (Å²) in [5.41, 5.74) is 0.968. The van der Waals surface area contributed by atoms with Crippen LogP contribution >= 0.6 is 11.3 Å². The number of benzene rings is 2. The number of methoxy groups -OCH3 is 1. The van der Waals surface area contributed by atoms with E-state index in [1.54, 1.807) is 29.6 Å². The van der Waals surface area contributed by atoms with Crippen molar-refractivity contribution in [2.45, 2.75) is 13.5 Å². The summed E-state index contributed by atoms with van der Waals surface area (Å²) in [7, 11) is 2.72. The summed E-state index contributed by atoms with van der Waals surface area (Å²) in [4.78, 5) is 43.2. The Kier molecular flexibility index (Phi) is 7.16. The van der Waals surface area contributed by atoms with E-state index in [0.717, 1.165) is 16.2 Å². The predicted octanol–water partition coefficient (Wildman–Crippen LogP) is 4.53. The lowest BCUT2D eigenvalue weighted by atomic mass is 10.1. The van der Waals surface area contributed by atoms with Gasteiger partial charge < -0.3 is 9.47 Å². The molecule has 0 aliphatic carbocycles. The Morgan fingerprint density at radius 1 is 1.06 bits per heavy atom. The zero-order valence-electron chi connectivity index (χ0n) is 17.6. The van der Waals surface area contributed by atoms with Crippen molar-refractivity contribution in [2.24, 2.45) is 0 Å². The molecule has 0 saturated heterocycles. The van der Waals surface area contributed by atoms with Crippen LogP contribution in [0.3, 0.4) is 0 Å². The molecule has 166 valence electrons. The topological polar surface area (TPSA) is 89.0 Å². The molecule has 2 amide bonds. The third-order valence-electron chi connectivity index (χ3n) is 4.42. The molecule has 0 atom stereocenters. The van der Waals surface area contributed by atoms with Crippen molar-refractivity contribution in [2.75, 3.05) is 24.0 Å². The minimum absolute atomic E-state index is 0.0812. The van der Waals surface area contributed by atoms with Crippen LogP contribution in [-0.2, 0) is 20.9 Å². The highest BCUT2D eigenvalue weighted by Crippen LogP contribution is 2.31. The molecule has 8 nitrogen and oxygen atoms in total. The standard InChI is InChI=1S/C22H20FN3O5S/c1-14(27)26(19-11-7-5-9-17(19)23)21-24-15(13-32-21)12-31-20(28)16-8-4-6-10-18(16)25(2)22(29)30-3/h4-11,13H,12H2,1-3H3. The maximum absolute atomic E-state index is 14.2. The molecule has 0 fully saturated rings. The number of ether oxygens (including phenoxy) is 2. The number of hydrogen-bond acceptors (Lipinski definition) is 7. The average molecular weight is 457 g/mol. The highest BCUT2D eigenvalue weighted by molar-refractivity contribution is 7.14. The molecule has 0 aliphatic rings. The fraction of sp³-hybridized carbons (Fsp3) is 0.182. The van der Waals surface area contributed by atoms with E-state index in [2.05, 4.69) is 9.72 Å². The van der Waals surface area contributed by atoms with E-state index in [4.69, 9.17) is 4.74 Å². The van der Waals surface area contributed by atoms with Crippen molar-refractivity contribution in [3.8, 4) is 0 Å². The Hall–Kier alpha value is -3.79. The van der Waals surface area contributed by atoms with Gasteiger partial charge in [0.25, 0.3) is 0 Å². The van der Waals surface area contributed by atoms with Gasteiger partial charge in [0, 0.05) is 19.4 Å². The van der Waals surface area contributed by atoms with Gasteiger partial charge in [0.05, 0.1) is 29.7 Å². The molecule has 0 aliphatic heterocycles. The number of carbonyl (C=O) groups excluding carboxylic acids is 3. The number of amides is 2. The third-order valence-corrected chi connectivity index (χ3v) is 5.30. The van der Waals surface area contributed by atoms with Gasteiger partial charge in [-0.15, -0.1) is 11.3 Å². The van der Waals surface area contributed by atoms with Gasteiger partial charge in [-0.3, -0.25) is 14.6 Å². The molecule has 32 heavy (non-hydrogen) atoms. The van der Waals surface area contributed by atoms with E-state index in [-0.39, 0.29) is 23.0 Å². The monoisotopic (exact) mass is 457 g/mol. The Labute approximate surface area is 187 Å². The maximum atomic E-state index is 14.2. The summed E-state index contributed by atoms with van der Waals surface area (Å²) in [5, 5.41) is 1.87. The van der Waals surface area contributed by atoms with Crippen LogP contribution in [0.4, 0.5) is 25.7 Å². The first-order valence-electron chi connectivity index (χ1n) is 9.41. The van der Waals surface area contributed by atoms with Crippen LogP contribution in [0.25, 0.3) is 0 Å². The number of thiazole rings is 1. The van der Waals surface area contributed by atoms with Crippen LogP contribution in [0.5, 0.6) is 0 Å². The molecule has 10 heteroatoms. The van der Waals surface area contributed by atoms with Crippen molar-refractivity contribution >= 4 is 45.8 Å². The van der Waals surface area contributed by atoms with Crippen molar-refractivity contribution in [3.05, 3.63) is 71.0 Å². The molecule has 0 spiro atoms. The number of hydrogen-bond donors (Lipinski definition) is 0. The lowest BCUT2D eigenvalue weighted by molar-refractivity contribution is -0.115. The summed E-state index contributed by atoms with van der Waals surface area (Å²) in [6.45, 7) is 1.14. The van der Waals surface area contributed by atoms with Crippen molar-refractivity contribution < 1.29 is 28.2 Å². The quantitative estimate of drug-likeness (QED) is 0.506. The van der Waals surface area contributed by atoms with E-state index >= 15 is 0 Å².